The highest BCUT2D eigenvalue weighted by Gasteiger charge is 1.97. The molecule has 0 atom stereocenters. The van der Waals surface area contributed by atoms with E-state index in [1.54, 1.807) is 18.5 Å². The van der Waals surface area contributed by atoms with Crippen LogP contribution in [0.25, 0.3) is 0 Å². The SMILES string of the molecule is O=c1ccn(Cc2cccnc2)c(=O)[nH]1. The summed E-state index contributed by atoms with van der Waals surface area (Å²) < 4.78 is 1.42. The summed E-state index contributed by atoms with van der Waals surface area (Å²) in [6.45, 7) is 0.406. The van der Waals surface area contributed by atoms with Gasteiger partial charge in [-0.2, -0.15) is 0 Å². The van der Waals surface area contributed by atoms with Gasteiger partial charge in [0.1, 0.15) is 0 Å². The van der Waals surface area contributed by atoms with Gasteiger partial charge in [0.05, 0.1) is 6.54 Å². The van der Waals surface area contributed by atoms with Crippen LogP contribution in [0.2, 0.25) is 0 Å². The van der Waals surface area contributed by atoms with Crippen LogP contribution in [0, 0.1) is 0 Å². The Bertz CT molecular complexity index is 557. The van der Waals surface area contributed by atoms with Crippen LogP contribution in [0.15, 0.2) is 46.4 Å². The minimum atomic E-state index is -0.411. The third-order valence-electron chi connectivity index (χ3n) is 1.97. The molecular formula is C10H9N3O2. The molecule has 0 bridgehead atoms. The van der Waals surface area contributed by atoms with Crippen molar-refractivity contribution in [3.8, 4) is 0 Å². The lowest BCUT2D eigenvalue weighted by atomic mass is 10.3. The standard InChI is InChI=1S/C10H9N3O2/c14-9-3-5-13(10(15)12-9)7-8-2-1-4-11-6-8/h1-6H,7H2,(H,12,14,15). The van der Waals surface area contributed by atoms with E-state index in [0.29, 0.717) is 6.54 Å². The van der Waals surface area contributed by atoms with Gasteiger partial charge in [0.15, 0.2) is 0 Å². The molecule has 0 radical (unpaired) electrons. The van der Waals surface area contributed by atoms with Crippen molar-refractivity contribution in [3.63, 3.8) is 0 Å². The van der Waals surface area contributed by atoms with Gasteiger partial charge < -0.3 is 0 Å². The average Bonchev–Trinajstić information content (AvgIpc) is 2.24. The number of pyridine rings is 1. The van der Waals surface area contributed by atoms with E-state index in [0.717, 1.165) is 5.56 Å². The van der Waals surface area contributed by atoms with E-state index in [9.17, 15) is 9.59 Å². The number of rotatable bonds is 2. The highest BCUT2D eigenvalue weighted by molar-refractivity contribution is 5.08. The van der Waals surface area contributed by atoms with Crippen LogP contribution >= 0.6 is 0 Å². The Morgan fingerprint density at radius 2 is 2.20 bits per heavy atom. The molecular weight excluding hydrogens is 194 g/mol. The molecule has 2 rings (SSSR count). The van der Waals surface area contributed by atoms with Gasteiger partial charge in [-0.1, -0.05) is 6.07 Å². The molecule has 0 amide bonds. The maximum absolute atomic E-state index is 11.3. The van der Waals surface area contributed by atoms with E-state index < -0.39 is 5.69 Å². The molecule has 0 aliphatic rings. The van der Waals surface area contributed by atoms with Crippen molar-refractivity contribution in [2.45, 2.75) is 6.54 Å². The van der Waals surface area contributed by atoms with Crippen LogP contribution in [0.1, 0.15) is 5.56 Å². The van der Waals surface area contributed by atoms with E-state index in [2.05, 4.69) is 9.97 Å². The molecule has 2 aromatic heterocycles. The second-order valence-electron chi connectivity index (χ2n) is 3.10. The topological polar surface area (TPSA) is 67.8 Å². The lowest BCUT2D eigenvalue weighted by molar-refractivity contribution is 0.718. The molecule has 0 aliphatic carbocycles. The van der Waals surface area contributed by atoms with Gasteiger partial charge in [0.25, 0.3) is 5.56 Å². The van der Waals surface area contributed by atoms with Gasteiger partial charge in [-0.25, -0.2) is 4.79 Å². The molecule has 0 spiro atoms. The highest BCUT2D eigenvalue weighted by Crippen LogP contribution is 1.96. The van der Waals surface area contributed by atoms with Crippen LogP contribution in [0.3, 0.4) is 0 Å². The first-order valence-electron chi connectivity index (χ1n) is 4.44. The second-order valence-corrected chi connectivity index (χ2v) is 3.10. The number of nitrogens with zero attached hydrogens (tertiary/aromatic N) is 2. The van der Waals surface area contributed by atoms with Crippen LogP contribution in [-0.2, 0) is 6.54 Å². The molecule has 0 saturated carbocycles. The fourth-order valence-electron chi connectivity index (χ4n) is 1.26. The molecule has 1 N–H and O–H groups in total. The fourth-order valence-corrected chi connectivity index (χ4v) is 1.26. The Labute approximate surface area is 85.0 Å². The molecule has 2 aromatic rings. The number of hydrogen-bond donors (Lipinski definition) is 1. The molecule has 0 saturated heterocycles. The summed E-state index contributed by atoms with van der Waals surface area (Å²) in [5.41, 5.74) is 0.112. The molecule has 15 heavy (non-hydrogen) atoms. The lowest BCUT2D eigenvalue weighted by Gasteiger charge is -2.03. The fraction of sp³-hybridized carbons (Fsp3) is 0.100. The molecule has 2 heterocycles. The molecule has 76 valence electrons. The minimum Gasteiger partial charge on any atom is -0.296 e. The zero-order chi connectivity index (χ0) is 10.7. The largest absolute Gasteiger partial charge is 0.328 e. The first-order valence-corrected chi connectivity index (χ1v) is 4.44. The smallest absolute Gasteiger partial charge is 0.296 e. The zero-order valence-corrected chi connectivity index (χ0v) is 7.88. The van der Waals surface area contributed by atoms with E-state index in [1.165, 1.54) is 16.8 Å². The van der Waals surface area contributed by atoms with Gasteiger partial charge in [0, 0.05) is 24.7 Å². The summed E-state index contributed by atoms with van der Waals surface area (Å²) in [6, 6.07) is 4.98. The Morgan fingerprint density at radius 3 is 2.87 bits per heavy atom. The Morgan fingerprint density at radius 1 is 1.33 bits per heavy atom. The molecule has 0 fully saturated rings. The Balaban J connectivity index is 2.33. The van der Waals surface area contributed by atoms with Crippen molar-refractivity contribution in [1.29, 1.82) is 0 Å². The zero-order valence-electron chi connectivity index (χ0n) is 7.88. The lowest BCUT2D eigenvalue weighted by Crippen LogP contribution is -2.28. The van der Waals surface area contributed by atoms with Gasteiger partial charge in [-0.3, -0.25) is 19.3 Å². The second kappa shape index (κ2) is 3.91. The van der Waals surface area contributed by atoms with Crippen LogP contribution in [0.4, 0.5) is 0 Å². The van der Waals surface area contributed by atoms with Crippen LogP contribution < -0.4 is 11.2 Å². The van der Waals surface area contributed by atoms with Crippen LogP contribution in [-0.4, -0.2) is 14.5 Å². The van der Waals surface area contributed by atoms with E-state index >= 15 is 0 Å². The predicted octanol–water partition coefficient (Wildman–Crippen LogP) is -0.0201. The van der Waals surface area contributed by atoms with Crippen molar-refractivity contribution in [1.82, 2.24) is 14.5 Å². The van der Waals surface area contributed by atoms with Gasteiger partial charge in [-0.05, 0) is 11.6 Å². The van der Waals surface area contributed by atoms with Crippen molar-refractivity contribution in [2.75, 3.05) is 0 Å². The summed E-state index contributed by atoms with van der Waals surface area (Å²) in [5.74, 6) is 0. The van der Waals surface area contributed by atoms with Gasteiger partial charge in [-0.15, -0.1) is 0 Å². The summed E-state index contributed by atoms with van der Waals surface area (Å²) >= 11 is 0. The summed E-state index contributed by atoms with van der Waals surface area (Å²) in [4.78, 5) is 28.3. The number of hydrogen-bond acceptors (Lipinski definition) is 3. The van der Waals surface area contributed by atoms with Crippen molar-refractivity contribution >= 4 is 0 Å². The van der Waals surface area contributed by atoms with Gasteiger partial charge >= 0.3 is 5.69 Å². The van der Waals surface area contributed by atoms with Crippen molar-refractivity contribution in [2.24, 2.45) is 0 Å². The average molecular weight is 203 g/mol. The van der Waals surface area contributed by atoms with Crippen molar-refractivity contribution < 1.29 is 0 Å². The molecule has 0 unspecified atom stereocenters. The first-order chi connectivity index (χ1) is 7.25. The highest BCUT2D eigenvalue weighted by atomic mass is 16.2. The third kappa shape index (κ3) is 2.19. The monoisotopic (exact) mass is 203 g/mol. The molecule has 5 nitrogen and oxygen atoms in total. The normalized spacial score (nSPS) is 10.1. The minimum absolute atomic E-state index is 0.387. The summed E-state index contributed by atoms with van der Waals surface area (Å²) in [6.07, 6.45) is 4.81. The van der Waals surface area contributed by atoms with E-state index in [-0.39, 0.29) is 5.56 Å². The Kier molecular flexibility index (Phi) is 2.45. The maximum Gasteiger partial charge on any atom is 0.328 e. The van der Waals surface area contributed by atoms with Crippen LogP contribution in [0.5, 0.6) is 0 Å². The summed E-state index contributed by atoms with van der Waals surface area (Å²) in [5, 5.41) is 0. The number of H-pyrrole nitrogens is 1. The van der Waals surface area contributed by atoms with E-state index in [4.69, 9.17) is 0 Å². The van der Waals surface area contributed by atoms with Gasteiger partial charge in [0.2, 0.25) is 0 Å². The number of aromatic nitrogens is 3. The predicted molar refractivity (Wildman–Crippen MR) is 54.7 cm³/mol. The quantitative estimate of drug-likeness (QED) is 0.745. The molecule has 0 aliphatic heterocycles. The molecule has 5 heteroatoms. The number of aromatic amines is 1. The van der Waals surface area contributed by atoms with E-state index in [1.807, 2.05) is 6.07 Å². The van der Waals surface area contributed by atoms with Crippen molar-refractivity contribution in [3.05, 3.63) is 63.2 Å². The Hall–Kier alpha value is -2.17. The maximum atomic E-state index is 11.3. The summed E-state index contributed by atoms with van der Waals surface area (Å²) in [7, 11) is 0. The number of nitrogens with one attached hydrogen (secondary N) is 1. The third-order valence-corrected chi connectivity index (χ3v) is 1.97. The first kappa shape index (κ1) is 9.39. The molecule has 0 aromatic carbocycles.